The third kappa shape index (κ3) is 7.08. The number of aromatic nitrogens is 3. The molecule has 62 heavy (non-hydrogen) atoms. The van der Waals surface area contributed by atoms with Crippen molar-refractivity contribution >= 4 is 39.0 Å². The van der Waals surface area contributed by atoms with Crippen LogP contribution in [-0.4, -0.2) is 15.0 Å². The van der Waals surface area contributed by atoms with Crippen LogP contribution in [0.25, 0.3) is 89.5 Å². The average molecular weight is 795 g/mol. The van der Waals surface area contributed by atoms with Crippen LogP contribution in [0.5, 0.6) is 0 Å². The van der Waals surface area contributed by atoms with Gasteiger partial charge < -0.3 is 9.32 Å². The van der Waals surface area contributed by atoms with Gasteiger partial charge in [-0.15, -0.1) is 0 Å². The molecule has 0 unspecified atom stereocenters. The number of hydrogen-bond donors (Lipinski definition) is 0. The number of rotatable bonds is 9. The molecule has 0 fully saturated rings. The van der Waals surface area contributed by atoms with Gasteiger partial charge in [-0.25, -0.2) is 15.0 Å². The summed E-state index contributed by atoms with van der Waals surface area (Å²) < 4.78 is 6.69. The van der Waals surface area contributed by atoms with E-state index in [1.54, 1.807) is 0 Å². The molecule has 5 heteroatoms. The summed E-state index contributed by atoms with van der Waals surface area (Å²) >= 11 is 0. The van der Waals surface area contributed by atoms with Crippen LogP contribution in [0, 0.1) is 0 Å². The number of para-hydroxylation sites is 1. The molecule has 2 aromatic heterocycles. The van der Waals surface area contributed by atoms with Crippen molar-refractivity contribution in [1.82, 2.24) is 15.0 Å². The molecule has 0 N–H and O–H groups in total. The normalized spacial score (nSPS) is 11.2. The van der Waals surface area contributed by atoms with E-state index in [1.165, 1.54) is 16.7 Å². The lowest BCUT2D eigenvalue weighted by atomic mass is 10.00. The first kappa shape index (κ1) is 36.7. The lowest BCUT2D eigenvalue weighted by Crippen LogP contribution is -2.09. The van der Waals surface area contributed by atoms with Gasteiger partial charge in [0.25, 0.3) is 0 Å². The zero-order valence-electron chi connectivity index (χ0n) is 33.6. The van der Waals surface area contributed by atoms with Gasteiger partial charge in [0.2, 0.25) is 0 Å². The van der Waals surface area contributed by atoms with E-state index in [0.29, 0.717) is 17.5 Å². The standard InChI is InChI=1S/C57H38N4O/c1-5-15-39(16-6-1)41-27-29-42(30-28-41)43-31-33-48(34-32-43)61(47-23-11-4-12-24-47)49-35-36-50-53(38-49)62-52-26-14-25-51(54(50)52)57-59-55(44-19-9-3-10-20-44)58-56(60-57)46-22-13-21-45(37-46)40-17-7-2-8-18-40/h1-38H. The molecular formula is C57H38N4O. The molecule has 2 heterocycles. The highest BCUT2D eigenvalue weighted by Gasteiger charge is 2.20. The summed E-state index contributed by atoms with van der Waals surface area (Å²) in [7, 11) is 0. The van der Waals surface area contributed by atoms with E-state index in [9.17, 15) is 0 Å². The second kappa shape index (κ2) is 16.0. The predicted molar refractivity (Wildman–Crippen MR) is 254 cm³/mol. The summed E-state index contributed by atoms with van der Waals surface area (Å²) in [5, 5.41) is 1.94. The zero-order chi connectivity index (χ0) is 41.2. The van der Waals surface area contributed by atoms with E-state index < -0.39 is 0 Å². The first-order valence-corrected chi connectivity index (χ1v) is 20.8. The number of nitrogens with zero attached hydrogens (tertiary/aromatic N) is 4. The third-order valence-electron chi connectivity index (χ3n) is 11.3. The Morgan fingerprint density at radius 3 is 1.39 bits per heavy atom. The Morgan fingerprint density at radius 1 is 0.290 bits per heavy atom. The van der Waals surface area contributed by atoms with Gasteiger partial charge in [0.05, 0.1) is 0 Å². The summed E-state index contributed by atoms with van der Waals surface area (Å²) in [4.78, 5) is 17.6. The molecule has 0 amide bonds. The highest BCUT2D eigenvalue weighted by Crippen LogP contribution is 2.42. The molecule has 5 nitrogen and oxygen atoms in total. The van der Waals surface area contributed by atoms with Crippen LogP contribution in [0.4, 0.5) is 17.1 Å². The highest BCUT2D eigenvalue weighted by molar-refractivity contribution is 6.12. The molecular weight excluding hydrogens is 757 g/mol. The second-order valence-electron chi connectivity index (χ2n) is 15.2. The van der Waals surface area contributed by atoms with Crippen molar-refractivity contribution in [3.63, 3.8) is 0 Å². The van der Waals surface area contributed by atoms with Crippen LogP contribution in [0.15, 0.2) is 235 Å². The summed E-state index contributed by atoms with van der Waals surface area (Å²) in [5.74, 6) is 1.79. The Hall–Kier alpha value is -8.41. The van der Waals surface area contributed by atoms with Crippen molar-refractivity contribution in [2.45, 2.75) is 0 Å². The van der Waals surface area contributed by atoms with Crippen LogP contribution >= 0.6 is 0 Å². The third-order valence-corrected chi connectivity index (χ3v) is 11.3. The van der Waals surface area contributed by atoms with Crippen molar-refractivity contribution in [3.8, 4) is 67.5 Å². The monoisotopic (exact) mass is 794 g/mol. The lowest BCUT2D eigenvalue weighted by molar-refractivity contribution is 0.669. The number of benzene rings is 9. The van der Waals surface area contributed by atoms with Gasteiger partial charge in [-0.3, -0.25) is 0 Å². The molecule has 0 aliphatic rings. The van der Waals surface area contributed by atoms with Gasteiger partial charge in [0.15, 0.2) is 17.5 Å². The molecule has 11 rings (SSSR count). The van der Waals surface area contributed by atoms with E-state index in [1.807, 2.05) is 60.7 Å². The highest BCUT2D eigenvalue weighted by atomic mass is 16.3. The number of furan rings is 1. The molecule has 11 aromatic rings. The summed E-state index contributed by atoms with van der Waals surface area (Å²) in [6.45, 7) is 0. The summed E-state index contributed by atoms with van der Waals surface area (Å²) in [6.07, 6.45) is 0. The van der Waals surface area contributed by atoms with Gasteiger partial charge in [-0.2, -0.15) is 0 Å². The predicted octanol–water partition coefficient (Wildman–Crippen LogP) is 15.2. The van der Waals surface area contributed by atoms with Crippen molar-refractivity contribution in [1.29, 1.82) is 0 Å². The van der Waals surface area contributed by atoms with Gasteiger partial charge in [-0.05, 0) is 81.9 Å². The van der Waals surface area contributed by atoms with Gasteiger partial charge in [0, 0.05) is 50.6 Å². The molecule has 0 radical (unpaired) electrons. The van der Waals surface area contributed by atoms with E-state index in [2.05, 4.69) is 175 Å². The summed E-state index contributed by atoms with van der Waals surface area (Å²) in [6, 6.07) is 79.9. The Balaban J connectivity index is 0.987. The first-order chi connectivity index (χ1) is 30.7. The molecule has 0 aliphatic heterocycles. The molecule has 0 spiro atoms. The zero-order valence-corrected chi connectivity index (χ0v) is 33.6. The molecule has 292 valence electrons. The SMILES string of the molecule is c1ccc(-c2ccc(-c3ccc(N(c4ccccc4)c4ccc5c(c4)oc4cccc(-c6nc(-c7ccccc7)nc(-c7cccc(-c8ccccc8)c7)n6)c45)cc3)cc2)cc1. The number of fused-ring (bicyclic) bond motifs is 3. The van der Waals surface area contributed by atoms with Gasteiger partial charge in [0.1, 0.15) is 11.2 Å². The maximum Gasteiger partial charge on any atom is 0.164 e. The average Bonchev–Trinajstić information content (AvgIpc) is 3.74. The Morgan fingerprint density at radius 2 is 0.742 bits per heavy atom. The van der Waals surface area contributed by atoms with Crippen LogP contribution in [-0.2, 0) is 0 Å². The minimum atomic E-state index is 0.581. The Kier molecular flexibility index (Phi) is 9.45. The van der Waals surface area contributed by atoms with Gasteiger partial charge in [-0.1, -0.05) is 176 Å². The Labute approximate surface area is 359 Å². The number of hydrogen-bond acceptors (Lipinski definition) is 5. The smallest absolute Gasteiger partial charge is 0.164 e. The molecule has 9 aromatic carbocycles. The van der Waals surface area contributed by atoms with Crippen molar-refractivity contribution < 1.29 is 4.42 Å². The largest absolute Gasteiger partial charge is 0.456 e. The van der Waals surface area contributed by atoms with Crippen LogP contribution in [0.3, 0.4) is 0 Å². The van der Waals surface area contributed by atoms with E-state index in [0.717, 1.165) is 72.4 Å². The van der Waals surface area contributed by atoms with Crippen LogP contribution in [0.2, 0.25) is 0 Å². The quantitative estimate of drug-likeness (QED) is 0.146. The van der Waals surface area contributed by atoms with Gasteiger partial charge >= 0.3 is 0 Å². The molecule has 0 saturated carbocycles. The minimum Gasteiger partial charge on any atom is -0.456 e. The first-order valence-electron chi connectivity index (χ1n) is 20.8. The summed E-state index contributed by atoms with van der Waals surface area (Å²) in [5.41, 5.74) is 14.3. The van der Waals surface area contributed by atoms with Crippen LogP contribution < -0.4 is 4.90 Å². The maximum atomic E-state index is 6.69. The Bertz CT molecular complexity index is 3310. The number of anilines is 3. The van der Waals surface area contributed by atoms with E-state index in [-0.39, 0.29) is 0 Å². The van der Waals surface area contributed by atoms with Crippen molar-refractivity contribution in [2.24, 2.45) is 0 Å². The maximum absolute atomic E-state index is 6.69. The lowest BCUT2D eigenvalue weighted by Gasteiger charge is -2.25. The molecule has 0 atom stereocenters. The van der Waals surface area contributed by atoms with Crippen LogP contribution in [0.1, 0.15) is 0 Å². The van der Waals surface area contributed by atoms with Crippen molar-refractivity contribution in [2.75, 3.05) is 4.90 Å². The molecule has 0 aliphatic carbocycles. The fraction of sp³-hybridized carbons (Fsp3) is 0. The fourth-order valence-corrected chi connectivity index (χ4v) is 8.26. The molecule has 0 saturated heterocycles. The minimum absolute atomic E-state index is 0.581. The second-order valence-corrected chi connectivity index (χ2v) is 15.2. The van der Waals surface area contributed by atoms with E-state index >= 15 is 0 Å². The molecule has 0 bridgehead atoms. The fourth-order valence-electron chi connectivity index (χ4n) is 8.26. The van der Waals surface area contributed by atoms with Crippen molar-refractivity contribution in [3.05, 3.63) is 231 Å². The van der Waals surface area contributed by atoms with E-state index in [4.69, 9.17) is 19.4 Å². The topological polar surface area (TPSA) is 55.1 Å².